The van der Waals surface area contributed by atoms with Crippen molar-refractivity contribution in [2.45, 2.75) is 12.5 Å². The van der Waals surface area contributed by atoms with Crippen molar-refractivity contribution in [1.82, 2.24) is 19.6 Å². The van der Waals surface area contributed by atoms with Crippen molar-refractivity contribution in [3.63, 3.8) is 0 Å². The molecule has 160 valence electrons. The van der Waals surface area contributed by atoms with E-state index in [-0.39, 0.29) is 22.8 Å². The van der Waals surface area contributed by atoms with Crippen molar-refractivity contribution < 1.29 is 26.7 Å². The normalized spacial score (nSPS) is 20.4. The molecule has 0 bridgehead atoms. The Bertz CT molecular complexity index is 1130. The molecular weight excluding hydrogens is 422 g/mol. The van der Waals surface area contributed by atoms with Gasteiger partial charge in [-0.2, -0.15) is 0 Å². The quantitative estimate of drug-likeness (QED) is 0.646. The zero-order valence-electron chi connectivity index (χ0n) is 16.2. The molecule has 3 N–H and O–H groups in total. The second kappa shape index (κ2) is 7.48. The van der Waals surface area contributed by atoms with Crippen LogP contribution in [0, 0.1) is 17.0 Å². The lowest BCUT2D eigenvalue weighted by atomic mass is 9.92. The highest BCUT2D eigenvalue weighted by Gasteiger charge is 2.44. The summed E-state index contributed by atoms with van der Waals surface area (Å²) in [5, 5.41) is 12.8. The number of sulfonamides is 1. The van der Waals surface area contributed by atoms with Crippen molar-refractivity contribution in [2.24, 2.45) is 0 Å². The van der Waals surface area contributed by atoms with E-state index in [0.29, 0.717) is 4.31 Å². The number of benzene rings is 1. The zero-order chi connectivity index (χ0) is 22.3. The molecule has 10 nitrogen and oxygen atoms in total. The third-order valence-corrected chi connectivity index (χ3v) is 6.51. The van der Waals surface area contributed by atoms with Gasteiger partial charge >= 0.3 is 0 Å². The zero-order valence-corrected chi connectivity index (χ0v) is 17.0. The van der Waals surface area contributed by atoms with Gasteiger partial charge in [-0.15, -0.1) is 0 Å². The van der Waals surface area contributed by atoms with E-state index in [1.165, 1.54) is 27.3 Å². The molecule has 2 heterocycles. The minimum atomic E-state index is -3.94. The Morgan fingerprint density at radius 1 is 1.33 bits per heavy atom. The van der Waals surface area contributed by atoms with Crippen LogP contribution in [-0.2, 0) is 15.6 Å². The highest BCUT2D eigenvalue weighted by Crippen LogP contribution is 2.32. The number of hydrogen-bond donors (Lipinski definition) is 3. The largest absolute Gasteiger partial charge is 0.480 e. The van der Waals surface area contributed by atoms with Crippen molar-refractivity contribution in [1.29, 1.82) is 5.41 Å². The number of nitrogens with one attached hydrogen (secondary N) is 3. The van der Waals surface area contributed by atoms with Crippen molar-refractivity contribution >= 4 is 27.6 Å². The molecule has 0 saturated carbocycles. The van der Waals surface area contributed by atoms with E-state index in [0.717, 1.165) is 18.3 Å². The molecule has 0 spiro atoms. The van der Waals surface area contributed by atoms with Gasteiger partial charge in [-0.1, -0.05) is 0 Å². The standard InChI is InChI=1S/C17H18F2N6O4S/c1-17(8-30(27,28)25(2)16(20)24-17)10-4-9(5-11(18)14(10)19)23-15(26)12-6-22-13(29-3)7-21-12/h4-7H,8H2,1-3H3,(H2,20,24)(H,23,26)/t17-/m0/s1. The van der Waals surface area contributed by atoms with Crippen molar-refractivity contribution in [3.05, 3.63) is 47.4 Å². The summed E-state index contributed by atoms with van der Waals surface area (Å²) in [5.41, 5.74) is -2.24. The maximum Gasteiger partial charge on any atom is 0.275 e. The first-order valence-corrected chi connectivity index (χ1v) is 10.1. The SMILES string of the molecule is COc1cnc(C(=O)Nc2cc(F)c(F)c([C@]3(C)CS(=O)(=O)N(C)C(=N)N3)c2)cn1. The smallest absolute Gasteiger partial charge is 0.275 e. The van der Waals surface area contributed by atoms with Gasteiger partial charge in [0.2, 0.25) is 21.9 Å². The van der Waals surface area contributed by atoms with Crippen LogP contribution in [0.15, 0.2) is 24.5 Å². The molecule has 1 aromatic heterocycles. The molecule has 1 fully saturated rings. The van der Waals surface area contributed by atoms with Crippen LogP contribution < -0.4 is 15.4 Å². The fourth-order valence-corrected chi connectivity index (χ4v) is 4.39. The van der Waals surface area contributed by atoms with Crippen LogP contribution in [0.1, 0.15) is 23.0 Å². The summed E-state index contributed by atoms with van der Waals surface area (Å²) >= 11 is 0. The average Bonchev–Trinajstić information content (AvgIpc) is 2.68. The Morgan fingerprint density at radius 3 is 2.60 bits per heavy atom. The van der Waals surface area contributed by atoms with Gasteiger partial charge in [0.1, 0.15) is 5.69 Å². The molecular formula is C17H18F2N6O4S. The molecule has 0 radical (unpaired) electrons. The molecule has 1 aliphatic rings. The predicted molar refractivity (Wildman–Crippen MR) is 103 cm³/mol. The summed E-state index contributed by atoms with van der Waals surface area (Å²) in [5.74, 6) is -4.27. The first-order chi connectivity index (χ1) is 14.0. The molecule has 3 rings (SSSR count). The van der Waals surface area contributed by atoms with E-state index < -0.39 is 44.8 Å². The van der Waals surface area contributed by atoms with Gasteiger partial charge in [0.15, 0.2) is 11.6 Å². The highest BCUT2D eigenvalue weighted by atomic mass is 32.2. The fourth-order valence-electron chi connectivity index (χ4n) is 2.92. The molecule has 30 heavy (non-hydrogen) atoms. The van der Waals surface area contributed by atoms with Crippen LogP contribution in [0.25, 0.3) is 0 Å². The van der Waals surface area contributed by atoms with E-state index in [2.05, 4.69) is 20.6 Å². The first-order valence-electron chi connectivity index (χ1n) is 8.47. The molecule has 13 heteroatoms. The van der Waals surface area contributed by atoms with Crippen LogP contribution in [0.4, 0.5) is 14.5 Å². The Kier molecular flexibility index (Phi) is 5.33. The van der Waals surface area contributed by atoms with Crippen LogP contribution in [0.5, 0.6) is 5.88 Å². The Hall–Kier alpha value is -3.35. The Labute approximate surface area is 170 Å². The number of carbonyl (C=O) groups excluding carboxylic acids is 1. The van der Waals surface area contributed by atoms with Gasteiger partial charge in [0.05, 0.1) is 30.8 Å². The van der Waals surface area contributed by atoms with E-state index in [9.17, 15) is 22.0 Å². The van der Waals surface area contributed by atoms with E-state index in [4.69, 9.17) is 10.1 Å². The molecule has 0 unspecified atom stereocenters. The Morgan fingerprint density at radius 2 is 2.03 bits per heavy atom. The van der Waals surface area contributed by atoms with Crippen LogP contribution in [-0.4, -0.2) is 54.5 Å². The molecule has 1 saturated heterocycles. The maximum atomic E-state index is 14.6. The minimum absolute atomic E-state index is 0.102. The summed E-state index contributed by atoms with van der Waals surface area (Å²) in [6, 6.07) is 1.86. The Balaban J connectivity index is 1.96. The highest BCUT2D eigenvalue weighted by molar-refractivity contribution is 7.89. The number of ether oxygens (including phenoxy) is 1. The molecule has 1 atom stereocenters. The van der Waals surface area contributed by atoms with Crippen molar-refractivity contribution in [2.75, 3.05) is 25.2 Å². The number of guanidine groups is 1. The summed E-state index contributed by atoms with van der Waals surface area (Å²) < 4.78 is 59.0. The van der Waals surface area contributed by atoms with E-state index in [1.54, 1.807) is 0 Å². The number of carbonyl (C=O) groups is 1. The van der Waals surface area contributed by atoms with E-state index >= 15 is 0 Å². The van der Waals surface area contributed by atoms with Gasteiger partial charge in [-0.05, 0) is 13.0 Å². The third-order valence-electron chi connectivity index (χ3n) is 4.55. The number of amides is 1. The lowest BCUT2D eigenvalue weighted by Crippen LogP contribution is -2.61. The van der Waals surface area contributed by atoms with Crippen LogP contribution in [0.3, 0.4) is 0 Å². The number of aromatic nitrogens is 2. The van der Waals surface area contributed by atoms with Gasteiger partial charge in [-0.25, -0.2) is 31.5 Å². The summed E-state index contributed by atoms with van der Waals surface area (Å²) in [7, 11) is -1.39. The average molecular weight is 440 g/mol. The second-order valence-corrected chi connectivity index (χ2v) is 8.75. The lowest BCUT2D eigenvalue weighted by Gasteiger charge is -2.40. The van der Waals surface area contributed by atoms with Crippen LogP contribution in [0.2, 0.25) is 0 Å². The van der Waals surface area contributed by atoms with E-state index in [1.807, 2.05) is 0 Å². The predicted octanol–water partition coefficient (Wildman–Crippen LogP) is 1.03. The number of nitrogens with zero attached hydrogens (tertiary/aromatic N) is 3. The number of hydrogen-bond acceptors (Lipinski definition) is 7. The first kappa shape index (κ1) is 21.4. The van der Waals surface area contributed by atoms with Gasteiger partial charge < -0.3 is 15.4 Å². The number of methoxy groups -OCH3 is 1. The lowest BCUT2D eigenvalue weighted by molar-refractivity contribution is 0.102. The summed E-state index contributed by atoms with van der Waals surface area (Å²) in [6.07, 6.45) is 2.36. The molecule has 1 amide bonds. The summed E-state index contributed by atoms with van der Waals surface area (Å²) in [6.45, 7) is 1.32. The van der Waals surface area contributed by atoms with Crippen molar-refractivity contribution in [3.8, 4) is 5.88 Å². The topological polar surface area (TPSA) is 137 Å². The van der Waals surface area contributed by atoms with Gasteiger partial charge in [0.25, 0.3) is 5.91 Å². The number of rotatable bonds is 4. The third kappa shape index (κ3) is 3.87. The molecule has 0 aliphatic carbocycles. The number of anilines is 1. The fraction of sp³-hybridized carbons (Fsp3) is 0.294. The second-order valence-electron chi connectivity index (χ2n) is 6.75. The maximum absolute atomic E-state index is 14.6. The number of halogens is 2. The molecule has 2 aromatic rings. The van der Waals surface area contributed by atoms with Gasteiger partial charge in [0, 0.05) is 24.4 Å². The van der Waals surface area contributed by atoms with Gasteiger partial charge in [-0.3, -0.25) is 10.2 Å². The van der Waals surface area contributed by atoms with Crippen LogP contribution >= 0.6 is 0 Å². The minimum Gasteiger partial charge on any atom is -0.480 e. The molecule has 1 aromatic carbocycles. The monoisotopic (exact) mass is 440 g/mol. The summed E-state index contributed by atoms with van der Waals surface area (Å²) in [4.78, 5) is 20.0. The molecule has 1 aliphatic heterocycles.